The summed E-state index contributed by atoms with van der Waals surface area (Å²) in [6.45, 7) is 0.849. The first-order valence-corrected chi connectivity index (χ1v) is 5.05. The fourth-order valence-corrected chi connectivity index (χ4v) is 1.74. The Balaban J connectivity index is 2.09. The van der Waals surface area contributed by atoms with Gasteiger partial charge in [0.05, 0.1) is 6.61 Å². The average Bonchev–Trinajstić information content (AvgIpc) is 2.16. The zero-order chi connectivity index (χ0) is 9.80. The van der Waals surface area contributed by atoms with Crippen LogP contribution in [0.15, 0.2) is 18.6 Å². The van der Waals surface area contributed by atoms with Crippen molar-refractivity contribution in [1.29, 1.82) is 0 Å². The molecular formula is C10H15N3O. The molecule has 1 heterocycles. The van der Waals surface area contributed by atoms with E-state index in [4.69, 9.17) is 5.11 Å². The highest BCUT2D eigenvalue weighted by molar-refractivity contribution is 5.38. The second kappa shape index (κ2) is 4.37. The van der Waals surface area contributed by atoms with Crippen LogP contribution in [0, 0.1) is 0 Å². The summed E-state index contributed by atoms with van der Waals surface area (Å²) in [6.07, 6.45) is 7.01. The van der Waals surface area contributed by atoms with Gasteiger partial charge in [-0.1, -0.05) is 0 Å². The molecule has 0 aliphatic heterocycles. The Bertz CT molecular complexity index is 274. The van der Waals surface area contributed by atoms with E-state index < -0.39 is 0 Å². The summed E-state index contributed by atoms with van der Waals surface area (Å²) in [4.78, 5) is 10.3. The van der Waals surface area contributed by atoms with E-state index >= 15 is 0 Å². The molecule has 0 spiro atoms. The van der Waals surface area contributed by atoms with Crippen LogP contribution in [-0.4, -0.2) is 34.3 Å². The first-order valence-electron chi connectivity index (χ1n) is 5.05. The molecule has 0 unspecified atom stereocenters. The fourth-order valence-electron chi connectivity index (χ4n) is 1.74. The summed E-state index contributed by atoms with van der Waals surface area (Å²) >= 11 is 0. The minimum atomic E-state index is 0.181. The molecule has 0 atom stereocenters. The fraction of sp³-hybridized carbons (Fsp3) is 0.600. The molecule has 1 aromatic heterocycles. The van der Waals surface area contributed by atoms with Crippen molar-refractivity contribution in [2.24, 2.45) is 0 Å². The Morgan fingerprint density at radius 2 is 2.36 bits per heavy atom. The zero-order valence-corrected chi connectivity index (χ0v) is 8.13. The molecule has 4 nitrogen and oxygen atoms in total. The van der Waals surface area contributed by atoms with Gasteiger partial charge in [-0.25, -0.2) is 9.97 Å². The Labute approximate surface area is 83.6 Å². The highest BCUT2D eigenvalue weighted by atomic mass is 16.3. The van der Waals surface area contributed by atoms with Crippen LogP contribution in [0.1, 0.15) is 19.3 Å². The number of anilines is 1. The van der Waals surface area contributed by atoms with E-state index in [9.17, 15) is 0 Å². The van der Waals surface area contributed by atoms with Crippen LogP contribution >= 0.6 is 0 Å². The van der Waals surface area contributed by atoms with Crippen molar-refractivity contribution in [3.8, 4) is 0 Å². The van der Waals surface area contributed by atoms with E-state index in [-0.39, 0.29) is 6.61 Å². The first kappa shape index (κ1) is 9.40. The van der Waals surface area contributed by atoms with Crippen LogP contribution in [0.5, 0.6) is 0 Å². The van der Waals surface area contributed by atoms with Gasteiger partial charge in [0.15, 0.2) is 0 Å². The van der Waals surface area contributed by atoms with Crippen molar-refractivity contribution in [2.75, 3.05) is 18.1 Å². The highest BCUT2D eigenvalue weighted by Crippen LogP contribution is 2.27. The summed E-state index contributed by atoms with van der Waals surface area (Å²) < 4.78 is 0. The molecule has 0 amide bonds. The maximum atomic E-state index is 8.98. The van der Waals surface area contributed by atoms with E-state index in [1.807, 2.05) is 6.07 Å². The van der Waals surface area contributed by atoms with Gasteiger partial charge in [-0.05, 0) is 25.3 Å². The van der Waals surface area contributed by atoms with Gasteiger partial charge in [0, 0.05) is 18.8 Å². The third-order valence-electron chi connectivity index (χ3n) is 2.72. The Morgan fingerprint density at radius 3 is 2.86 bits per heavy atom. The molecule has 1 aliphatic carbocycles. The number of nitrogens with zero attached hydrogens (tertiary/aromatic N) is 3. The minimum absolute atomic E-state index is 0.181. The SMILES string of the molecule is OCCN(c1ccncn1)C1CCC1. The van der Waals surface area contributed by atoms with Gasteiger partial charge >= 0.3 is 0 Å². The summed E-state index contributed by atoms with van der Waals surface area (Å²) in [5.41, 5.74) is 0. The monoisotopic (exact) mass is 193 g/mol. The lowest BCUT2D eigenvalue weighted by molar-refractivity contribution is 0.283. The predicted molar refractivity (Wildman–Crippen MR) is 54.1 cm³/mol. The number of aromatic nitrogens is 2. The molecule has 76 valence electrons. The third kappa shape index (κ3) is 1.85. The van der Waals surface area contributed by atoms with E-state index in [2.05, 4.69) is 14.9 Å². The molecule has 1 saturated carbocycles. The summed E-state index contributed by atoms with van der Waals surface area (Å²) in [5.74, 6) is 0.929. The van der Waals surface area contributed by atoms with Gasteiger partial charge in [0.25, 0.3) is 0 Å². The molecule has 0 bridgehead atoms. The second-order valence-corrected chi connectivity index (χ2v) is 3.57. The van der Waals surface area contributed by atoms with E-state index in [1.54, 1.807) is 12.5 Å². The number of rotatable bonds is 4. The van der Waals surface area contributed by atoms with E-state index in [0.717, 1.165) is 5.82 Å². The van der Waals surface area contributed by atoms with Crippen LogP contribution in [0.3, 0.4) is 0 Å². The molecule has 2 rings (SSSR count). The normalized spacial score (nSPS) is 16.4. The third-order valence-corrected chi connectivity index (χ3v) is 2.72. The molecule has 0 saturated heterocycles. The summed E-state index contributed by atoms with van der Waals surface area (Å²) in [5, 5.41) is 8.98. The Kier molecular flexibility index (Phi) is 2.93. The van der Waals surface area contributed by atoms with E-state index in [1.165, 1.54) is 19.3 Å². The van der Waals surface area contributed by atoms with Crippen molar-refractivity contribution >= 4 is 5.82 Å². The maximum absolute atomic E-state index is 8.98. The molecule has 0 radical (unpaired) electrons. The Hall–Kier alpha value is -1.16. The lowest BCUT2D eigenvalue weighted by atomic mass is 9.91. The maximum Gasteiger partial charge on any atom is 0.132 e. The average molecular weight is 193 g/mol. The minimum Gasteiger partial charge on any atom is -0.395 e. The quantitative estimate of drug-likeness (QED) is 0.769. The van der Waals surface area contributed by atoms with Crippen molar-refractivity contribution in [3.63, 3.8) is 0 Å². The van der Waals surface area contributed by atoms with Crippen LogP contribution in [0.2, 0.25) is 0 Å². The second-order valence-electron chi connectivity index (χ2n) is 3.57. The molecule has 1 aromatic rings. The van der Waals surface area contributed by atoms with Crippen molar-refractivity contribution in [3.05, 3.63) is 18.6 Å². The number of hydrogen-bond acceptors (Lipinski definition) is 4. The van der Waals surface area contributed by atoms with Crippen LogP contribution in [0.25, 0.3) is 0 Å². The zero-order valence-electron chi connectivity index (χ0n) is 8.13. The molecule has 1 fully saturated rings. The van der Waals surface area contributed by atoms with Crippen LogP contribution in [0.4, 0.5) is 5.82 Å². The first-order chi connectivity index (χ1) is 6.92. The lowest BCUT2D eigenvalue weighted by Crippen LogP contribution is -2.42. The van der Waals surface area contributed by atoms with Gasteiger partial charge in [-0.2, -0.15) is 0 Å². The summed E-state index contributed by atoms with van der Waals surface area (Å²) in [6, 6.07) is 2.46. The Morgan fingerprint density at radius 1 is 1.50 bits per heavy atom. The van der Waals surface area contributed by atoms with Crippen molar-refractivity contribution < 1.29 is 5.11 Å². The number of hydrogen-bond donors (Lipinski definition) is 1. The van der Waals surface area contributed by atoms with Crippen LogP contribution in [-0.2, 0) is 0 Å². The van der Waals surface area contributed by atoms with E-state index in [0.29, 0.717) is 12.6 Å². The molecule has 4 heteroatoms. The molecule has 0 aromatic carbocycles. The smallest absolute Gasteiger partial charge is 0.132 e. The lowest BCUT2D eigenvalue weighted by Gasteiger charge is -2.37. The predicted octanol–water partition coefficient (Wildman–Crippen LogP) is 0.828. The molecule has 1 aliphatic rings. The van der Waals surface area contributed by atoms with Gasteiger partial charge in [0.2, 0.25) is 0 Å². The van der Waals surface area contributed by atoms with Crippen molar-refractivity contribution in [1.82, 2.24) is 9.97 Å². The number of aliphatic hydroxyl groups excluding tert-OH is 1. The molecule has 1 N–H and O–H groups in total. The van der Waals surface area contributed by atoms with Gasteiger partial charge in [-0.3, -0.25) is 0 Å². The largest absolute Gasteiger partial charge is 0.395 e. The summed E-state index contributed by atoms with van der Waals surface area (Å²) in [7, 11) is 0. The molecular weight excluding hydrogens is 178 g/mol. The van der Waals surface area contributed by atoms with Crippen molar-refractivity contribution in [2.45, 2.75) is 25.3 Å². The molecule has 14 heavy (non-hydrogen) atoms. The van der Waals surface area contributed by atoms with Gasteiger partial charge in [0.1, 0.15) is 12.1 Å². The van der Waals surface area contributed by atoms with Crippen LogP contribution < -0.4 is 4.90 Å². The topological polar surface area (TPSA) is 49.2 Å². The van der Waals surface area contributed by atoms with Gasteiger partial charge in [-0.15, -0.1) is 0 Å². The highest BCUT2D eigenvalue weighted by Gasteiger charge is 2.25. The van der Waals surface area contributed by atoms with Gasteiger partial charge < -0.3 is 10.0 Å². The standard InChI is InChI=1S/C10H15N3O/c14-7-6-13(9-2-1-3-9)10-4-5-11-8-12-10/h4-5,8-9,14H,1-3,6-7H2. The number of aliphatic hydroxyl groups is 1.